The van der Waals surface area contributed by atoms with Gasteiger partial charge in [0.25, 0.3) is 5.91 Å². The summed E-state index contributed by atoms with van der Waals surface area (Å²) in [5.74, 6) is -2.31. The zero-order valence-electron chi connectivity index (χ0n) is 28.2. The normalized spacial score (nSPS) is 23.8. The molecule has 3 rings (SSSR count). The number of hydrogen-bond donors (Lipinski definition) is 4. The SMILES string of the molecule is C=CCNC(=O)C(=O)C(C)NC(=O)[C@@H]1[C@H]2CCC[C@H]2CN1C(=O)[C@@H](NC(=O)N[C@H](CN1CCCCC1=O)C(C)(C)C)C(C)(C)C. The first-order valence-electron chi connectivity index (χ1n) is 16.3. The molecule has 0 bridgehead atoms. The average Bonchev–Trinajstić information content (AvgIpc) is 3.55. The summed E-state index contributed by atoms with van der Waals surface area (Å²) in [4.78, 5) is 82.1. The van der Waals surface area contributed by atoms with Gasteiger partial charge in [0.1, 0.15) is 12.1 Å². The number of rotatable bonds is 11. The van der Waals surface area contributed by atoms with Crippen LogP contribution in [-0.4, -0.2) is 95.6 Å². The molecule has 2 aliphatic heterocycles. The van der Waals surface area contributed by atoms with Gasteiger partial charge in [-0.3, -0.25) is 24.0 Å². The van der Waals surface area contributed by atoms with E-state index in [1.807, 2.05) is 41.5 Å². The predicted octanol–water partition coefficient (Wildman–Crippen LogP) is 2.13. The van der Waals surface area contributed by atoms with Gasteiger partial charge >= 0.3 is 6.03 Å². The lowest BCUT2D eigenvalue weighted by molar-refractivity contribution is -0.144. The fraction of sp³-hybridized carbons (Fsp3) is 0.758. The Kier molecular flexibility index (Phi) is 11.8. The van der Waals surface area contributed by atoms with E-state index in [4.69, 9.17) is 0 Å². The number of piperidine rings is 1. The maximum Gasteiger partial charge on any atom is 0.315 e. The Labute approximate surface area is 267 Å². The van der Waals surface area contributed by atoms with Gasteiger partial charge in [-0.2, -0.15) is 0 Å². The average molecular weight is 631 g/mol. The van der Waals surface area contributed by atoms with Crippen molar-refractivity contribution in [3.8, 4) is 0 Å². The molecule has 1 aliphatic carbocycles. The fourth-order valence-electron chi connectivity index (χ4n) is 6.64. The molecule has 4 N–H and O–H groups in total. The van der Waals surface area contributed by atoms with E-state index in [9.17, 15) is 28.8 Å². The Morgan fingerprint density at radius 2 is 1.64 bits per heavy atom. The Morgan fingerprint density at radius 1 is 0.956 bits per heavy atom. The molecule has 0 aromatic carbocycles. The standard InChI is InChI=1S/C33H54N6O6/c1-9-16-34-29(43)26(41)20(2)35-28(42)25-22-14-12-13-21(22)18-39(25)30(44)27(33(6,7)8)37-31(45)36-23(32(3,4)5)19-38-17-11-10-15-24(38)40/h9,20-23,25,27H,1,10-19H2,2-8H3,(H,34,43)(H,35,42)(H2,36,37,45)/t20?,21-,22-,23+,25-,27+/m0/s1. The number of carbonyl (C=O) groups is 6. The number of Topliss-reactive ketones (excluding diaryl/α,β-unsaturated/α-hetero) is 1. The third kappa shape index (κ3) is 9.07. The monoisotopic (exact) mass is 630 g/mol. The Morgan fingerprint density at radius 3 is 2.24 bits per heavy atom. The van der Waals surface area contributed by atoms with Crippen LogP contribution in [0.1, 0.15) is 87.0 Å². The van der Waals surface area contributed by atoms with Gasteiger partial charge in [-0.05, 0) is 55.3 Å². The van der Waals surface area contributed by atoms with Crippen LogP contribution in [-0.2, 0) is 24.0 Å². The smallest absolute Gasteiger partial charge is 0.315 e. The highest BCUT2D eigenvalue weighted by molar-refractivity contribution is 6.38. The summed E-state index contributed by atoms with van der Waals surface area (Å²) in [6.45, 7) is 18.1. The first kappa shape index (κ1) is 36.0. The number of likely N-dealkylation sites (tertiary alicyclic amines) is 2. The van der Waals surface area contributed by atoms with E-state index in [1.165, 1.54) is 13.0 Å². The molecular formula is C33H54N6O6. The van der Waals surface area contributed by atoms with Gasteiger partial charge < -0.3 is 31.1 Å². The molecular weight excluding hydrogens is 576 g/mol. The number of fused-ring (bicyclic) bond motifs is 1. The molecule has 2 heterocycles. The highest BCUT2D eigenvalue weighted by Gasteiger charge is 2.52. The summed E-state index contributed by atoms with van der Waals surface area (Å²) < 4.78 is 0. The fourth-order valence-corrected chi connectivity index (χ4v) is 6.64. The van der Waals surface area contributed by atoms with Crippen LogP contribution in [0.4, 0.5) is 4.79 Å². The van der Waals surface area contributed by atoms with Gasteiger partial charge in [0.2, 0.25) is 23.5 Å². The lowest BCUT2D eigenvalue weighted by Gasteiger charge is -2.39. The molecule has 0 aromatic heterocycles. The Hall–Kier alpha value is -3.44. The maximum absolute atomic E-state index is 14.3. The van der Waals surface area contributed by atoms with Crippen LogP contribution in [0.15, 0.2) is 12.7 Å². The molecule has 6 amide bonds. The number of urea groups is 1. The first-order valence-corrected chi connectivity index (χ1v) is 16.3. The zero-order valence-corrected chi connectivity index (χ0v) is 28.2. The van der Waals surface area contributed by atoms with Gasteiger partial charge in [-0.15, -0.1) is 6.58 Å². The number of hydrogen-bond acceptors (Lipinski definition) is 6. The minimum absolute atomic E-state index is 0.0763. The van der Waals surface area contributed by atoms with Crippen molar-refractivity contribution in [1.29, 1.82) is 0 Å². The highest BCUT2D eigenvalue weighted by Crippen LogP contribution is 2.43. The zero-order chi connectivity index (χ0) is 33.7. The second-order valence-corrected chi connectivity index (χ2v) is 15.0. The van der Waals surface area contributed by atoms with Crippen molar-refractivity contribution in [1.82, 2.24) is 31.1 Å². The van der Waals surface area contributed by atoms with E-state index in [0.29, 0.717) is 26.1 Å². The van der Waals surface area contributed by atoms with Crippen molar-refractivity contribution >= 4 is 35.4 Å². The van der Waals surface area contributed by atoms with Gasteiger partial charge in [-0.1, -0.05) is 54.0 Å². The van der Waals surface area contributed by atoms with E-state index in [0.717, 1.165) is 32.1 Å². The van der Waals surface area contributed by atoms with Gasteiger partial charge in [0.15, 0.2) is 0 Å². The van der Waals surface area contributed by atoms with Crippen molar-refractivity contribution in [2.75, 3.05) is 26.2 Å². The van der Waals surface area contributed by atoms with Crippen molar-refractivity contribution in [3.63, 3.8) is 0 Å². The van der Waals surface area contributed by atoms with Crippen LogP contribution in [0.2, 0.25) is 0 Å². The summed E-state index contributed by atoms with van der Waals surface area (Å²) in [6, 6.07) is -3.73. The number of ketones is 1. The van der Waals surface area contributed by atoms with Crippen molar-refractivity contribution in [3.05, 3.63) is 12.7 Å². The van der Waals surface area contributed by atoms with Gasteiger partial charge in [0, 0.05) is 32.6 Å². The molecule has 12 nitrogen and oxygen atoms in total. The highest BCUT2D eigenvalue weighted by atomic mass is 16.2. The Bertz CT molecular complexity index is 1160. The van der Waals surface area contributed by atoms with E-state index in [1.54, 1.807) is 9.80 Å². The van der Waals surface area contributed by atoms with E-state index in [-0.39, 0.29) is 41.7 Å². The van der Waals surface area contributed by atoms with Crippen molar-refractivity contribution < 1.29 is 28.8 Å². The van der Waals surface area contributed by atoms with Crippen LogP contribution in [0.25, 0.3) is 0 Å². The molecule has 0 radical (unpaired) electrons. The van der Waals surface area contributed by atoms with E-state index in [2.05, 4.69) is 27.8 Å². The van der Waals surface area contributed by atoms with Crippen LogP contribution >= 0.6 is 0 Å². The molecule has 12 heteroatoms. The second kappa shape index (κ2) is 14.8. The topological polar surface area (TPSA) is 157 Å². The lowest BCUT2D eigenvalue weighted by Crippen LogP contribution is -2.62. The number of carbonyl (C=O) groups excluding carboxylic acids is 6. The molecule has 1 unspecified atom stereocenters. The summed E-state index contributed by atoms with van der Waals surface area (Å²) in [5.41, 5.74) is -1.05. The van der Waals surface area contributed by atoms with Crippen LogP contribution in [0.5, 0.6) is 0 Å². The largest absolute Gasteiger partial charge is 0.346 e. The first-order chi connectivity index (χ1) is 20.9. The van der Waals surface area contributed by atoms with Crippen LogP contribution in [0.3, 0.4) is 0 Å². The molecule has 252 valence electrons. The molecule has 3 aliphatic rings. The van der Waals surface area contributed by atoms with Crippen LogP contribution < -0.4 is 21.3 Å². The second-order valence-electron chi connectivity index (χ2n) is 15.0. The molecule has 1 saturated carbocycles. The summed E-state index contributed by atoms with van der Waals surface area (Å²) >= 11 is 0. The Balaban J connectivity index is 1.77. The summed E-state index contributed by atoms with van der Waals surface area (Å²) in [6.07, 6.45) is 6.35. The lowest BCUT2D eigenvalue weighted by atomic mass is 9.85. The number of nitrogens with one attached hydrogen (secondary N) is 4. The molecule has 0 aromatic rings. The molecule has 45 heavy (non-hydrogen) atoms. The summed E-state index contributed by atoms with van der Waals surface area (Å²) in [5, 5.41) is 11.1. The van der Waals surface area contributed by atoms with E-state index < -0.39 is 47.2 Å². The molecule has 2 saturated heterocycles. The molecule has 6 atom stereocenters. The minimum Gasteiger partial charge on any atom is -0.346 e. The summed E-state index contributed by atoms with van der Waals surface area (Å²) in [7, 11) is 0. The third-order valence-electron chi connectivity index (χ3n) is 9.39. The third-order valence-corrected chi connectivity index (χ3v) is 9.39. The molecule has 3 fully saturated rings. The number of nitrogens with zero attached hydrogens (tertiary/aromatic N) is 2. The molecule has 0 spiro atoms. The maximum atomic E-state index is 14.3. The quantitative estimate of drug-likeness (QED) is 0.202. The van der Waals surface area contributed by atoms with Gasteiger partial charge in [0.05, 0.1) is 12.1 Å². The van der Waals surface area contributed by atoms with E-state index >= 15 is 0 Å². The van der Waals surface area contributed by atoms with Crippen molar-refractivity contribution in [2.45, 2.75) is 111 Å². The number of amides is 6. The van der Waals surface area contributed by atoms with Crippen molar-refractivity contribution in [2.24, 2.45) is 22.7 Å². The predicted molar refractivity (Wildman–Crippen MR) is 171 cm³/mol. The minimum atomic E-state index is -1.08. The van der Waals surface area contributed by atoms with Gasteiger partial charge in [-0.25, -0.2) is 4.79 Å². The van der Waals surface area contributed by atoms with Crippen LogP contribution in [0, 0.1) is 22.7 Å².